The average Bonchev–Trinajstić information content (AvgIpc) is 3.39. The number of halogens is 2. The average molecular weight is 723 g/mol. The number of hydroxylamine groups is 1. The molecule has 1 N–H and O–H groups in total. The molecule has 9 nitrogen and oxygen atoms in total. The molecule has 0 bridgehead atoms. The van der Waals surface area contributed by atoms with E-state index >= 15 is 0 Å². The Balaban J connectivity index is 1.24. The van der Waals surface area contributed by atoms with E-state index in [0.717, 1.165) is 64.9 Å². The Labute approximate surface area is 296 Å². The van der Waals surface area contributed by atoms with Crippen LogP contribution in [0, 0.1) is 0 Å². The number of nitrogens with one attached hydrogen (secondary N) is 1. The lowest BCUT2D eigenvalue weighted by Crippen LogP contribution is -2.60. The van der Waals surface area contributed by atoms with Gasteiger partial charge in [-0.15, -0.1) is 0 Å². The largest absolute Gasteiger partial charge is 0.432 e. The number of benzene rings is 3. The molecule has 7 rings (SSSR count). The summed E-state index contributed by atoms with van der Waals surface area (Å²) in [4.78, 5) is 34.6. The van der Waals surface area contributed by atoms with Gasteiger partial charge in [0.15, 0.2) is 0 Å². The van der Waals surface area contributed by atoms with Crippen LogP contribution in [0.5, 0.6) is 0 Å². The summed E-state index contributed by atoms with van der Waals surface area (Å²) in [7, 11) is -3.47. The number of sulfonamides is 1. The molecule has 0 unspecified atom stereocenters. The molecule has 0 spiro atoms. The molecule has 3 heterocycles. The second kappa shape index (κ2) is 13.5. The van der Waals surface area contributed by atoms with Crippen LogP contribution >= 0.6 is 23.2 Å². The molecule has 3 aromatic carbocycles. The van der Waals surface area contributed by atoms with Crippen LogP contribution in [-0.2, 0) is 42.2 Å². The number of allylic oxidation sites excluding steroid dienone is 2. The summed E-state index contributed by atoms with van der Waals surface area (Å²) >= 11 is 13.3. The SMILES string of the molecule is C=C(C)OC(=O)Cc1ccc(CONC(=O)[C@@H]2c3ccccc3C3=C4CCS(=O)(=O)N4[C@H]4CCCC[C@@H]4N3[C@H]2c2ccc(Cl)cc2Cl)cc1. The molecule has 1 amide bonds. The van der Waals surface area contributed by atoms with E-state index in [1.165, 1.54) is 0 Å². The summed E-state index contributed by atoms with van der Waals surface area (Å²) in [5.41, 5.74) is 8.29. The Kier molecular flexibility index (Phi) is 9.25. The van der Waals surface area contributed by atoms with Crippen molar-refractivity contribution in [3.05, 3.63) is 123 Å². The minimum absolute atomic E-state index is 0.0642. The third kappa shape index (κ3) is 6.36. The van der Waals surface area contributed by atoms with Gasteiger partial charge in [0.1, 0.15) is 0 Å². The van der Waals surface area contributed by atoms with E-state index in [1.54, 1.807) is 23.4 Å². The molecule has 0 aromatic heterocycles. The number of nitrogens with zero attached hydrogens (tertiary/aromatic N) is 2. The number of carbonyl (C=O) groups excluding carboxylic acids is 2. The van der Waals surface area contributed by atoms with Gasteiger partial charge in [0.25, 0.3) is 5.91 Å². The molecular weight excluding hydrogens is 685 g/mol. The van der Waals surface area contributed by atoms with Crippen molar-refractivity contribution >= 4 is 50.8 Å². The zero-order chi connectivity index (χ0) is 34.4. The van der Waals surface area contributed by atoms with E-state index in [4.69, 9.17) is 32.8 Å². The summed E-state index contributed by atoms with van der Waals surface area (Å²) in [6.07, 6.45) is 3.92. The lowest BCUT2D eigenvalue weighted by Gasteiger charge is -2.56. The van der Waals surface area contributed by atoms with E-state index in [2.05, 4.69) is 17.0 Å². The highest BCUT2D eigenvalue weighted by atomic mass is 35.5. The molecule has 1 aliphatic carbocycles. The standard InChI is InChI=1S/C37H37Cl2N3O6S/c1-22(2)48-33(43)19-23-11-13-24(14-12-23)21-47-40-37(44)34-26-7-3-4-8-27(26)35-32-17-18-49(45,46)42(32)31-10-6-5-9-30(31)41(35)36(34)28-16-15-25(38)20-29(28)39/h3-4,7-8,11-16,20,30-31,34,36H,1,5-6,9-10,17-19,21H2,2H3,(H,40,44)/t30-,31-,34+,36-/m0/s1. The van der Waals surface area contributed by atoms with Crippen LogP contribution in [0.25, 0.3) is 5.70 Å². The van der Waals surface area contributed by atoms with Crippen molar-refractivity contribution in [1.29, 1.82) is 0 Å². The molecule has 3 aliphatic heterocycles. The Hall–Kier alpha value is -3.83. The van der Waals surface area contributed by atoms with E-state index in [9.17, 15) is 18.0 Å². The van der Waals surface area contributed by atoms with Crippen molar-refractivity contribution in [2.24, 2.45) is 0 Å². The zero-order valence-electron chi connectivity index (χ0n) is 27.0. The van der Waals surface area contributed by atoms with Crippen LogP contribution in [-0.4, -0.2) is 47.3 Å². The van der Waals surface area contributed by atoms with Crippen molar-refractivity contribution in [1.82, 2.24) is 14.7 Å². The molecule has 1 saturated heterocycles. The Morgan fingerprint density at radius 3 is 2.41 bits per heavy atom. The van der Waals surface area contributed by atoms with Crippen LogP contribution in [0.15, 0.2) is 84.8 Å². The van der Waals surface area contributed by atoms with Gasteiger partial charge in [-0.05, 0) is 54.2 Å². The number of hydrogen-bond acceptors (Lipinski definition) is 7. The molecule has 4 aliphatic rings. The molecule has 12 heteroatoms. The topological polar surface area (TPSA) is 105 Å². The first-order chi connectivity index (χ1) is 23.5. The Morgan fingerprint density at radius 2 is 1.67 bits per heavy atom. The Bertz CT molecular complexity index is 1960. The number of rotatable bonds is 8. The normalized spacial score (nSPS) is 23.6. The number of carbonyl (C=O) groups is 2. The zero-order valence-corrected chi connectivity index (χ0v) is 29.4. The highest BCUT2D eigenvalue weighted by molar-refractivity contribution is 7.89. The van der Waals surface area contributed by atoms with Gasteiger partial charge < -0.3 is 9.64 Å². The molecule has 4 atom stereocenters. The Morgan fingerprint density at radius 1 is 0.959 bits per heavy atom. The van der Waals surface area contributed by atoms with Crippen molar-refractivity contribution in [3.63, 3.8) is 0 Å². The van der Waals surface area contributed by atoms with Crippen LogP contribution in [0.4, 0.5) is 0 Å². The maximum absolute atomic E-state index is 14.4. The van der Waals surface area contributed by atoms with E-state index in [0.29, 0.717) is 22.2 Å². The number of hydrogen-bond donors (Lipinski definition) is 1. The number of ether oxygens (including phenoxy) is 1. The fourth-order valence-electron chi connectivity index (χ4n) is 7.95. The molecule has 49 heavy (non-hydrogen) atoms. The summed E-state index contributed by atoms with van der Waals surface area (Å²) in [6.45, 7) is 5.31. The molecular formula is C37H37Cl2N3O6S. The third-order valence-corrected chi connectivity index (χ3v) is 12.2. The lowest BCUT2D eigenvalue weighted by molar-refractivity contribution is -0.139. The van der Waals surface area contributed by atoms with Crippen molar-refractivity contribution < 1.29 is 27.6 Å². The third-order valence-electron chi connectivity index (χ3n) is 9.85. The van der Waals surface area contributed by atoms with Crippen molar-refractivity contribution in [3.8, 4) is 0 Å². The van der Waals surface area contributed by atoms with E-state index in [-0.39, 0.29) is 42.7 Å². The van der Waals surface area contributed by atoms with E-state index < -0.39 is 22.0 Å². The fourth-order valence-corrected chi connectivity index (χ4v) is 10.3. The smallest absolute Gasteiger partial charge is 0.315 e. The van der Waals surface area contributed by atoms with Gasteiger partial charge >= 0.3 is 5.97 Å². The van der Waals surface area contributed by atoms with Crippen molar-refractivity contribution in [2.75, 3.05) is 5.75 Å². The van der Waals surface area contributed by atoms with Gasteiger partial charge in [-0.2, -0.15) is 0 Å². The minimum Gasteiger partial charge on any atom is -0.432 e. The first-order valence-electron chi connectivity index (χ1n) is 16.5. The van der Waals surface area contributed by atoms with Gasteiger partial charge in [0.2, 0.25) is 10.0 Å². The first-order valence-corrected chi connectivity index (χ1v) is 18.8. The van der Waals surface area contributed by atoms with Crippen LogP contribution in [0.3, 0.4) is 0 Å². The molecule has 3 aromatic rings. The summed E-state index contributed by atoms with van der Waals surface area (Å²) in [6, 6.07) is 19.4. The molecule has 1 saturated carbocycles. The first kappa shape index (κ1) is 33.7. The summed E-state index contributed by atoms with van der Waals surface area (Å²) in [5.74, 6) is -1.07. The predicted octanol–water partition coefficient (Wildman–Crippen LogP) is 7.03. The summed E-state index contributed by atoms with van der Waals surface area (Å²) in [5, 5.41) is 0.912. The maximum atomic E-state index is 14.4. The van der Waals surface area contributed by atoms with Gasteiger partial charge in [0, 0.05) is 22.0 Å². The molecule has 0 radical (unpaired) electrons. The number of amides is 1. The van der Waals surface area contributed by atoms with Crippen LogP contribution in [0.2, 0.25) is 10.0 Å². The van der Waals surface area contributed by atoms with Gasteiger partial charge in [-0.3, -0.25) is 18.7 Å². The second-order valence-corrected chi connectivity index (χ2v) is 15.9. The fraction of sp³-hybridized carbons (Fsp3) is 0.351. The van der Waals surface area contributed by atoms with Gasteiger partial charge in [0.05, 0.1) is 60.0 Å². The maximum Gasteiger partial charge on any atom is 0.315 e. The lowest BCUT2D eigenvalue weighted by atomic mass is 9.74. The molecule has 256 valence electrons. The summed E-state index contributed by atoms with van der Waals surface area (Å²) < 4.78 is 33.8. The predicted molar refractivity (Wildman–Crippen MR) is 187 cm³/mol. The van der Waals surface area contributed by atoms with Gasteiger partial charge in [-0.25, -0.2) is 13.9 Å². The second-order valence-electron chi connectivity index (χ2n) is 13.1. The van der Waals surface area contributed by atoms with Crippen LogP contribution < -0.4 is 5.48 Å². The minimum atomic E-state index is -3.47. The number of fused-ring (bicyclic) bond motifs is 7. The van der Waals surface area contributed by atoms with Gasteiger partial charge in [-0.1, -0.05) is 97.2 Å². The highest BCUT2D eigenvalue weighted by Gasteiger charge is 2.55. The monoisotopic (exact) mass is 721 g/mol. The quantitative estimate of drug-likeness (QED) is 0.151. The highest BCUT2D eigenvalue weighted by Crippen LogP contribution is 2.57. The van der Waals surface area contributed by atoms with Crippen LogP contribution in [0.1, 0.15) is 78.8 Å². The number of esters is 1. The van der Waals surface area contributed by atoms with E-state index in [1.807, 2.05) is 54.6 Å². The van der Waals surface area contributed by atoms with Crippen molar-refractivity contribution in [2.45, 2.75) is 76.1 Å². The molecule has 2 fully saturated rings.